The van der Waals surface area contributed by atoms with E-state index in [0.717, 1.165) is 17.8 Å². The number of nitrogens with two attached hydrogens (primary N) is 4. The maximum Gasteiger partial charge on any atom is 0.326 e. The predicted octanol–water partition coefficient (Wildman–Crippen LogP) is -7.11. The minimum atomic E-state index is -1.79. The number of aliphatic imine (C=N–C) groups is 1. The Labute approximate surface area is 460 Å². The van der Waals surface area contributed by atoms with Gasteiger partial charge in [0.1, 0.15) is 54.4 Å². The number of para-hydroxylation sites is 1. The Morgan fingerprint density at radius 2 is 1.15 bits per heavy atom. The molecule has 0 aliphatic rings. The van der Waals surface area contributed by atoms with E-state index in [-0.39, 0.29) is 50.5 Å². The van der Waals surface area contributed by atoms with Crippen molar-refractivity contribution in [2.24, 2.45) is 39.8 Å². The molecular formula is C49H79N15O16. The number of aliphatic hydroxyl groups is 4. The Balaban J connectivity index is 2.25. The number of aliphatic hydroxyl groups excluding tert-OH is 4. The first-order valence-electron chi connectivity index (χ1n) is 25.7. The SMILES string of the molecule is CC[C@H](C)[C@H](NC(=O)CNC(=O)[C@H](CCCN=C(N)N)NC(=O)[C@@H](NC(=O)[C@H](CO)NC(=O)[C@@H](N)CO)[C@@H](C)O)C(=O)N[C@@H](CO)C(=O)N[C@@H](CCC(N)=O)C(=O)N[C@@H](CC(C)C)C(=O)N[C@@H](Cc1c[nH]c2ccccc12)C(=O)O. The number of guanidine groups is 1. The largest absolute Gasteiger partial charge is 0.480 e. The number of amides is 10. The standard InChI is InChI=1S/C49H79N15O16/c1-6-24(4)38(63-37(70)19-56-41(72)30(12-9-15-54-49(52)53)58-47(78)39(25(5)68)64-45(76)35(22-67)61-40(71)28(50)20-65)46(77)62-34(21-66)44(75)57-31(13-14-36(51)69)42(73)59-32(16-23(2)3)43(74)60-33(48(79)80)17-26-18-55-29-11-8-7-10-27(26)29/h7-8,10-11,18,23-25,28,30-35,38-39,55,65-68H,6,9,12-17,19-22,50H2,1-5H3,(H2,51,69)(H,56,72)(H,57,75)(H,58,78)(H,59,73)(H,60,74)(H,61,71)(H,62,77)(H,63,70)(H,64,76)(H,79,80)(H4,52,53,54)/t24-,25+,28-,30-,31-,32-,33-,34-,35-,38-,39-/m0/s1. The molecule has 2 aromatic rings. The Morgan fingerprint density at radius 1 is 0.625 bits per heavy atom. The van der Waals surface area contributed by atoms with Crippen molar-refractivity contribution >= 4 is 81.9 Å². The lowest BCUT2D eigenvalue weighted by Crippen LogP contribution is -2.61. The van der Waals surface area contributed by atoms with Gasteiger partial charge in [0.2, 0.25) is 59.1 Å². The molecule has 23 N–H and O–H groups in total. The number of aromatic nitrogens is 1. The van der Waals surface area contributed by atoms with E-state index in [0.29, 0.717) is 5.56 Å². The molecule has 0 spiro atoms. The van der Waals surface area contributed by atoms with E-state index < -0.39 is 171 Å². The third kappa shape index (κ3) is 22.8. The molecule has 0 fully saturated rings. The number of benzene rings is 1. The van der Waals surface area contributed by atoms with Crippen LogP contribution in [-0.2, 0) is 59.2 Å². The summed E-state index contributed by atoms with van der Waals surface area (Å²) in [6.07, 6.45) is -0.882. The number of carboxylic acids is 1. The van der Waals surface area contributed by atoms with Crippen molar-refractivity contribution < 1.29 is 78.3 Å². The first-order chi connectivity index (χ1) is 37.7. The highest BCUT2D eigenvalue weighted by Gasteiger charge is 2.36. The van der Waals surface area contributed by atoms with Gasteiger partial charge in [0.05, 0.1) is 32.5 Å². The summed E-state index contributed by atoms with van der Waals surface area (Å²) in [6.45, 7) is 4.13. The number of carboxylic acid groups (broad SMARTS) is 1. The number of carbonyl (C=O) groups excluding carboxylic acids is 10. The van der Waals surface area contributed by atoms with Crippen LogP contribution in [0.15, 0.2) is 35.5 Å². The molecule has 10 amide bonds. The molecular weight excluding hydrogens is 1050 g/mol. The van der Waals surface area contributed by atoms with Gasteiger partial charge < -0.3 is 101 Å². The number of primary amides is 1. The number of hydrogen-bond acceptors (Lipinski definition) is 17. The molecule has 0 radical (unpaired) electrons. The number of aromatic amines is 1. The number of carbonyl (C=O) groups is 11. The number of nitrogens with zero attached hydrogens (tertiary/aromatic N) is 1. The second-order valence-corrected chi connectivity index (χ2v) is 19.4. The van der Waals surface area contributed by atoms with Crippen LogP contribution in [0, 0.1) is 11.8 Å². The van der Waals surface area contributed by atoms with Gasteiger partial charge in [0, 0.05) is 36.5 Å². The van der Waals surface area contributed by atoms with Crippen LogP contribution in [0.2, 0.25) is 0 Å². The molecule has 0 unspecified atom stereocenters. The summed E-state index contributed by atoms with van der Waals surface area (Å²) < 4.78 is 0. The highest BCUT2D eigenvalue weighted by Crippen LogP contribution is 2.20. The summed E-state index contributed by atoms with van der Waals surface area (Å²) in [5.74, 6) is -12.7. The van der Waals surface area contributed by atoms with Crippen LogP contribution < -0.4 is 70.8 Å². The molecule has 1 heterocycles. The molecule has 11 atom stereocenters. The Bertz CT molecular complexity index is 2490. The summed E-state index contributed by atoms with van der Waals surface area (Å²) in [6, 6.07) is -6.90. The van der Waals surface area contributed by atoms with Gasteiger partial charge in [-0.2, -0.15) is 0 Å². The van der Waals surface area contributed by atoms with E-state index in [4.69, 9.17) is 28.0 Å². The van der Waals surface area contributed by atoms with Crippen molar-refractivity contribution in [3.05, 3.63) is 36.0 Å². The van der Waals surface area contributed by atoms with Crippen molar-refractivity contribution in [2.45, 2.75) is 140 Å². The fourth-order valence-electron chi connectivity index (χ4n) is 7.72. The van der Waals surface area contributed by atoms with Gasteiger partial charge in [-0.05, 0) is 56.1 Å². The summed E-state index contributed by atoms with van der Waals surface area (Å²) in [5, 5.41) is 71.5. The average Bonchev–Trinajstić information content (AvgIpc) is 3.82. The lowest BCUT2D eigenvalue weighted by molar-refractivity contribution is -0.142. The normalized spacial score (nSPS) is 15.3. The summed E-state index contributed by atoms with van der Waals surface area (Å²) in [7, 11) is 0. The van der Waals surface area contributed by atoms with Crippen molar-refractivity contribution in [3.8, 4) is 0 Å². The van der Waals surface area contributed by atoms with E-state index >= 15 is 0 Å². The van der Waals surface area contributed by atoms with E-state index in [9.17, 15) is 73.2 Å². The number of hydrogen-bond donors (Lipinski definition) is 19. The fourth-order valence-corrected chi connectivity index (χ4v) is 7.72. The quantitative estimate of drug-likeness (QED) is 0.0171. The molecule has 2 rings (SSSR count). The van der Waals surface area contributed by atoms with Crippen LogP contribution in [0.25, 0.3) is 10.9 Å². The lowest BCUT2D eigenvalue weighted by atomic mass is 9.97. The van der Waals surface area contributed by atoms with Gasteiger partial charge in [0.15, 0.2) is 5.96 Å². The van der Waals surface area contributed by atoms with Crippen LogP contribution in [0.1, 0.15) is 78.7 Å². The van der Waals surface area contributed by atoms with Gasteiger partial charge in [-0.15, -0.1) is 0 Å². The first kappa shape index (κ1) is 68.1. The molecule has 31 heteroatoms. The van der Waals surface area contributed by atoms with E-state index in [1.807, 2.05) is 0 Å². The lowest BCUT2D eigenvalue weighted by Gasteiger charge is -2.28. The highest BCUT2D eigenvalue weighted by atomic mass is 16.4. The maximum atomic E-state index is 13.9. The van der Waals surface area contributed by atoms with Crippen molar-refractivity contribution in [2.75, 3.05) is 32.9 Å². The number of rotatable bonds is 36. The predicted molar refractivity (Wildman–Crippen MR) is 286 cm³/mol. The number of nitrogens with one attached hydrogen (secondary N) is 10. The molecule has 0 saturated carbocycles. The van der Waals surface area contributed by atoms with E-state index in [2.05, 4.69) is 57.8 Å². The molecule has 0 aliphatic carbocycles. The van der Waals surface area contributed by atoms with Crippen molar-refractivity contribution in [3.63, 3.8) is 0 Å². The smallest absolute Gasteiger partial charge is 0.326 e. The zero-order valence-corrected chi connectivity index (χ0v) is 45.3. The van der Waals surface area contributed by atoms with Crippen LogP contribution in [-0.4, -0.2) is 195 Å². The average molecular weight is 1130 g/mol. The van der Waals surface area contributed by atoms with Gasteiger partial charge >= 0.3 is 5.97 Å². The minimum Gasteiger partial charge on any atom is -0.480 e. The monoisotopic (exact) mass is 1130 g/mol. The second-order valence-electron chi connectivity index (χ2n) is 19.4. The molecule has 0 saturated heterocycles. The molecule has 0 aliphatic heterocycles. The molecule has 0 bridgehead atoms. The van der Waals surface area contributed by atoms with Gasteiger partial charge in [-0.3, -0.25) is 52.9 Å². The van der Waals surface area contributed by atoms with Crippen LogP contribution >= 0.6 is 0 Å². The van der Waals surface area contributed by atoms with Gasteiger partial charge in [-0.25, -0.2) is 4.79 Å². The number of aliphatic carboxylic acids is 1. The minimum absolute atomic E-state index is 0.000169. The Hall–Kier alpha value is -8.00. The van der Waals surface area contributed by atoms with Crippen LogP contribution in [0.3, 0.4) is 0 Å². The zero-order chi connectivity index (χ0) is 60.4. The Morgan fingerprint density at radius 3 is 1.71 bits per heavy atom. The molecule has 1 aromatic heterocycles. The topological polar surface area (TPSA) is 529 Å². The maximum absolute atomic E-state index is 13.9. The third-order valence-electron chi connectivity index (χ3n) is 12.4. The Kier molecular flexibility index (Phi) is 29.0. The second kappa shape index (κ2) is 34.1. The molecule has 446 valence electrons. The summed E-state index contributed by atoms with van der Waals surface area (Å²) in [4.78, 5) is 152. The van der Waals surface area contributed by atoms with E-state index in [1.165, 1.54) is 0 Å². The van der Waals surface area contributed by atoms with Crippen LogP contribution in [0.4, 0.5) is 0 Å². The summed E-state index contributed by atoms with van der Waals surface area (Å²) >= 11 is 0. The zero-order valence-electron chi connectivity index (χ0n) is 45.3. The van der Waals surface area contributed by atoms with Crippen molar-refractivity contribution in [1.29, 1.82) is 0 Å². The molecule has 31 nitrogen and oxygen atoms in total. The van der Waals surface area contributed by atoms with Gasteiger partial charge in [0.25, 0.3) is 0 Å². The number of H-pyrrole nitrogens is 1. The summed E-state index contributed by atoms with van der Waals surface area (Å²) in [5.41, 5.74) is 23.0. The number of fused-ring (bicyclic) bond motifs is 1. The fraction of sp³-hybridized carbons (Fsp3) is 0.592. The van der Waals surface area contributed by atoms with E-state index in [1.54, 1.807) is 58.2 Å². The third-order valence-corrected chi connectivity index (χ3v) is 12.4. The highest BCUT2D eigenvalue weighted by molar-refractivity contribution is 5.98. The molecule has 80 heavy (non-hydrogen) atoms. The first-order valence-corrected chi connectivity index (χ1v) is 25.7. The van der Waals surface area contributed by atoms with Crippen LogP contribution in [0.5, 0.6) is 0 Å². The van der Waals surface area contributed by atoms with Crippen molar-refractivity contribution in [1.82, 2.24) is 52.8 Å². The molecule has 1 aromatic carbocycles. The van der Waals surface area contributed by atoms with Gasteiger partial charge in [-0.1, -0.05) is 52.3 Å².